The molecular weight excluding hydrogens is 470 g/mol. The molecule has 3 aromatic heterocycles. The fourth-order valence-electron chi connectivity index (χ4n) is 3.31. The van der Waals surface area contributed by atoms with E-state index < -0.39 is 0 Å². The Kier molecular flexibility index (Phi) is 6.03. The van der Waals surface area contributed by atoms with Gasteiger partial charge in [0.05, 0.1) is 11.4 Å². The van der Waals surface area contributed by atoms with Gasteiger partial charge in [-0.05, 0) is 55.0 Å². The van der Waals surface area contributed by atoms with Crippen LogP contribution in [0.3, 0.4) is 0 Å². The van der Waals surface area contributed by atoms with E-state index in [0.29, 0.717) is 22.0 Å². The Morgan fingerprint density at radius 3 is 2.82 bits per heavy atom. The third-order valence-corrected chi connectivity index (χ3v) is 6.00. The van der Waals surface area contributed by atoms with Crippen LogP contribution in [0.2, 0.25) is 5.02 Å². The van der Waals surface area contributed by atoms with Crippen molar-refractivity contribution in [1.82, 2.24) is 24.7 Å². The number of hydrogen-bond donors (Lipinski definition) is 2. The molecule has 0 aliphatic rings. The summed E-state index contributed by atoms with van der Waals surface area (Å²) in [6, 6.07) is 14.5. The van der Waals surface area contributed by atoms with Crippen molar-refractivity contribution in [3.63, 3.8) is 0 Å². The molecule has 0 aliphatic carbocycles. The Labute approximate surface area is 204 Å². The van der Waals surface area contributed by atoms with Gasteiger partial charge in [-0.1, -0.05) is 17.7 Å². The maximum Gasteiger partial charge on any atom is 0.255 e. The fraction of sp³-hybridized carbons (Fsp3) is 0.0417. The van der Waals surface area contributed by atoms with E-state index >= 15 is 0 Å². The van der Waals surface area contributed by atoms with E-state index in [4.69, 9.17) is 11.6 Å². The second-order valence-corrected chi connectivity index (χ2v) is 8.72. The Morgan fingerprint density at radius 2 is 2.03 bits per heavy atom. The van der Waals surface area contributed by atoms with Crippen LogP contribution in [0.4, 0.5) is 16.5 Å². The molecule has 0 radical (unpaired) electrons. The number of hydrogen-bond acceptors (Lipinski definition) is 7. The van der Waals surface area contributed by atoms with Crippen LogP contribution < -0.4 is 10.6 Å². The molecule has 0 unspecified atom stereocenters. The first kappa shape index (κ1) is 21.7. The van der Waals surface area contributed by atoms with Crippen LogP contribution in [0.1, 0.15) is 15.9 Å². The number of halogens is 1. The minimum absolute atomic E-state index is 0.259. The third-order valence-electron chi connectivity index (χ3n) is 5.03. The molecule has 168 valence electrons. The first-order valence-corrected chi connectivity index (χ1v) is 11.5. The Morgan fingerprint density at radius 1 is 1.12 bits per heavy atom. The number of anilines is 3. The number of aromatic nitrogens is 5. The maximum atomic E-state index is 13.0. The highest BCUT2D eigenvalue weighted by Crippen LogP contribution is 2.29. The lowest BCUT2D eigenvalue weighted by Crippen LogP contribution is -2.13. The number of carbonyl (C=O) groups excluding carboxylic acids is 1. The standard InChI is InChI=1S/C24H18ClN7OS/c1-15-4-5-16(7-21(15)30-24-31-22(12-34-24)17-3-2-6-26-11-17)23(33)29-19-8-18(25)9-20(10-19)32-14-27-13-28-32/h2-14H,1H3,(H,29,33)(H,30,31). The molecular formula is C24H18ClN7OS. The van der Waals surface area contributed by atoms with Crippen LogP contribution in [0.25, 0.3) is 16.9 Å². The van der Waals surface area contributed by atoms with E-state index in [1.807, 2.05) is 30.5 Å². The molecule has 5 rings (SSSR count). The van der Waals surface area contributed by atoms with Crippen LogP contribution in [0.15, 0.2) is 79.0 Å². The van der Waals surface area contributed by atoms with Crippen LogP contribution >= 0.6 is 22.9 Å². The van der Waals surface area contributed by atoms with Crippen molar-refractivity contribution >= 4 is 45.4 Å². The Hall–Kier alpha value is -4.08. The van der Waals surface area contributed by atoms with E-state index in [1.165, 1.54) is 17.7 Å². The molecule has 2 N–H and O–H groups in total. The van der Waals surface area contributed by atoms with Gasteiger partial charge in [0.25, 0.3) is 5.91 Å². The molecule has 2 aromatic carbocycles. The average molecular weight is 488 g/mol. The normalized spacial score (nSPS) is 10.8. The molecule has 0 bridgehead atoms. The zero-order valence-corrected chi connectivity index (χ0v) is 19.5. The van der Waals surface area contributed by atoms with Crippen molar-refractivity contribution in [3.05, 3.63) is 95.1 Å². The number of nitrogens with one attached hydrogen (secondary N) is 2. The quantitative estimate of drug-likeness (QED) is 0.317. The predicted octanol–water partition coefficient (Wildman–Crippen LogP) is 5.74. The van der Waals surface area contributed by atoms with Crippen molar-refractivity contribution in [1.29, 1.82) is 0 Å². The van der Waals surface area contributed by atoms with E-state index in [0.717, 1.165) is 27.6 Å². The zero-order chi connectivity index (χ0) is 23.5. The lowest BCUT2D eigenvalue weighted by molar-refractivity contribution is 0.102. The SMILES string of the molecule is Cc1ccc(C(=O)Nc2cc(Cl)cc(-n3cncn3)c2)cc1Nc1nc(-c2cccnc2)cs1. The first-order chi connectivity index (χ1) is 16.5. The highest BCUT2D eigenvalue weighted by molar-refractivity contribution is 7.14. The average Bonchev–Trinajstić information content (AvgIpc) is 3.53. The number of rotatable bonds is 6. The number of thiazole rings is 1. The lowest BCUT2D eigenvalue weighted by atomic mass is 10.1. The smallest absolute Gasteiger partial charge is 0.255 e. The first-order valence-electron chi connectivity index (χ1n) is 10.3. The zero-order valence-electron chi connectivity index (χ0n) is 17.9. The van der Waals surface area contributed by atoms with Crippen molar-refractivity contribution in [2.45, 2.75) is 6.92 Å². The molecule has 0 aliphatic heterocycles. The van der Waals surface area contributed by atoms with Gasteiger partial charge in [0.15, 0.2) is 5.13 Å². The highest BCUT2D eigenvalue weighted by Gasteiger charge is 2.12. The Bertz CT molecular complexity index is 1450. The van der Waals surface area contributed by atoms with Gasteiger partial charge in [0, 0.05) is 45.3 Å². The summed E-state index contributed by atoms with van der Waals surface area (Å²) < 4.78 is 1.57. The van der Waals surface area contributed by atoms with Crippen molar-refractivity contribution in [2.24, 2.45) is 0 Å². The number of benzene rings is 2. The number of carbonyl (C=O) groups is 1. The van der Waals surface area contributed by atoms with Gasteiger partial charge in [-0.2, -0.15) is 5.10 Å². The molecule has 5 aromatic rings. The minimum Gasteiger partial charge on any atom is -0.331 e. The van der Waals surface area contributed by atoms with Crippen LogP contribution in [-0.2, 0) is 0 Å². The summed E-state index contributed by atoms with van der Waals surface area (Å²) in [6.07, 6.45) is 6.50. The van der Waals surface area contributed by atoms with Gasteiger partial charge >= 0.3 is 0 Å². The van der Waals surface area contributed by atoms with Crippen LogP contribution in [0, 0.1) is 6.92 Å². The number of amides is 1. The maximum absolute atomic E-state index is 13.0. The second-order valence-electron chi connectivity index (χ2n) is 7.43. The number of aryl methyl sites for hydroxylation is 1. The van der Waals surface area contributed by atoms with E-state index in [1.54, 1.807) is 53.7 Å². The topological polar surface area (TPSA) is 97.6 Å². The largest absolute Gasteiger partial charge is 0.331 e. The number of nitrogens with zero attached hydrogens (tertiary/aromatic N) is 5. The summed E-state index contributed by atoms with van der Waals surface area (Å²) in [7, 11) is 0. The van der Waals surface area contributed by atoms with E-state index in [2.05, 4.69) is 30.7 Å². The van der Waals surface area contributed by atoms with Gasteiger partial charge in [-0.15, -0.1) is 11.3 Å². The van der Waals surface area contributed by atoms with Gasteiger partial charge in [-0.25, -0.2) is 14.6 Å². The fourth-order valence-corrected chi connectivity index (χ4v) is 4.28. The number of pyridine rings is 1. The van der Waals surface area contributed by atoms with Gasteiger partial charge in [0.2, 0.25) is 0 Å². The summed E-state index contributed by atoms with van der Waals surface area (Å²) in [5.41, 5.74) is 5.33. The molecule has 0 atom stereocenters. The second kappa shape index (κ2) is 9.42. The monoisotopic (exact) mass is 487 g/mol. The lowest BCUT2D eigenvalue weighted by Gasteiger charge is -2.11. The summed E-state index contributed by atoms with van der Waals surface area (Å²) in [4.78, 5) is 25.7. The summed E-state index contributed by atoms with van der Waals surface area (Å²) in [5, 5.41) is 13.5. The van der Waals surface area contributed by atoms with Gasteiger partial charge in [0.1, 0.15) is 12.7 Å². The Balaban J connectivity index is 1.35. The van der Waals surface area contributed by atoms with Crippen molar-refractivity contribution < 1.29 is 4.79 Å². The molecule has 3 heterocycles. The van der Waals surface area contributed by atoms with E-state index in [9.17, 15) is 4.79 Å². The predicted molar refractivity (Wildman–Crippen MR) is 134 cm³/mol. The third kappa shape index (κ3) is 4.80. The van der Waals surface area contributed by atoms with Crippen LogP contribution in [-0.4, -0.2) is 30.6 Å². The van der Waals surface area contributed by atoms with E-state index in [-0.39, 0.29) is 5.91 Å². The molecule has 0 saturated carbocycles. The molecule has 0 fully saturated rings. The van der Waals surface area contributed by atoms with Crippen molar-refractivity contribution in [2.75, 3.05) is 10.6 Å². The summed E-state index contributed by atoms with van der Waals surface area (Å²) in [6.45, 7) is 1.97. The summed E-state index contributed by atoms with van der Waals surface area (Å²) >= 11 is 7.73. The molecule has 0 spiro atoms. The molecule has 10 heteroatoms. The highest BCUT2D eigenvalue weighted by atomic mass is 35.5. The molecule has 1 amide bonds. The van der Waals surface area contributed by atoms with Gasteiger partial charge in [-0.3, -0.25) is 9.78 Å². The van der Waals surface area contributed by atoms with Gasteiger partial charge < -0.3 is 10.6 Å². The minimum atomic E-state index is -0.259. The molecule has 34 heavy (non-hydrogen) atoms. The summed E-state index contributed by atoms with van der Waals surface area (Å²) in [5.74, 6) is -0.259. The van der Waals surface area contributed by atoms with Crippen molar-refractivity contribution in [3.8, 4) is 16.9 Å². The molecule has 0 saturated heterocycles. The molecule has 8 nitrogen and oxygen atoms in total. The van der Waals surface area contributed by atoms with Crippen LogP contribution in [0.5, 0.6) is 0 Å².